The molecule has 5 nitrogen and oxygen atoms in total. The summed E-state index contributed by atoms with van der Waals surface area (Å²) in [7, 11) is 0. The summed E-state index contributed by atoms with van der Waals surface area (Å²) in [6, 6.07) is 6.05. The van der Waals surface area contributed by atoms with E-state index in [0.29, 0.717) is 0 Å². The van der Waals surface area contributed by atoms with Gasteiger partial charge in [0.15, 0.2) is 0 Å². The second-order valence-electron chi connectivity index (χ2n) is 6.73. The van der Waals surface area contributed by atoms with Crippen molar-refractivity contribution in [2.24, 2.45) is 5.92 Å². The Morgan fingerprint density at radius 2 is 2.04 bits per heavy atom. The molecule has 2 atom stereocenters. The number of piperazine rings is 1. The Morgan fingerprint density at radius 1 is 1.30 bits per heavy atom. The van der Waals surface area contributed by atoms with Gasteiger partial charge in [-0.25, -0.2) is 0 Å². The number of carbonyl (C=O) groups is 1. The number of carboxylic acids is 1. The second-order valence-corrected chi connectivity index (χ2v) is 6.73. The van der Waals surface area contributed by atoms with Crippen LogP contribution in [0.5, 0.6) is 0 Å². The third-order valence-electron chi connectivity index (χ3n) is 5.27. The van der Waals surface area contributed by atoms with E-state index in [1.165, 1.54) is 16.8 Å². The van der Waals surface area contributed by atoms with Crippen molar-refractivity contribution in [1.29, 1.82) is 0 Å². The van der Waals surface area contributed by atoms with Crippen LogP contribution in [0.1, 0.15) is 31.4 Å². The van der Waals surface area contributed by atoms with Gasteiger partial charge in [0, 0.05) is 45.0 Å². The van der Waals surface area contributed by atoms with E-state index >= 15 is 0 Å². The van der Waals surface area contributed by atoms with Gasteiger partial charge in [0.05, 0.1) is 0 Å². The third-order valence-corrected chi connectivity index (χ3v) is 5.27. The molecule has 126 valence electrons. The van der Waals surface area contributed by atoms with Gasteiger partial charge < -0.3 is 15.3 Å². The van der Waals surface area contributed by atoms with E-state index in [2.05, 4.69) is 40.2 Å². The summed E-state index contributed by atoms with van der Waals surface area (Å²) in [5, 5.41) is 13.1. The Bertz CT molecular complexity index is 569. The molecule has 2 N–H and O–H groups in total. The highest BCUT2D eigenvalue weighted by molar-refractivity contribution is 5.74. The smallest absolute Gasteiger partial charge is 0.321 e. The number of benzene rings is 1. The van der Waals surface area contributed by atoms with Gasteiger partial charge >= 0.3 is 5.97 Å². The Balaban J connectivity index is 1.84. The molecule has 1 fully saturated rings. The Hall–Kier alpha value is -1.59. The predicted molar refractivity (Wildman–Crippen MR) is 91.7 cm³/mol. The van der Waals surface area contributed by atoms with E-state index in [4.69, 9.17) is 0 Å². The van der Waals surface area contributed by atoms with Gasteiger partial charge in [-0.05, 0) is 23.1 Å². The maximum atomic E-state index is 11.8. The fourth-order valence-corrected chi connectivity index (χ4v) is 3.81. The lowest BCUT2D eigenvalue weighted by Crippen LogP contribution is -2.44. The summed E-state index contributed by atoms with van der Waals surface area (Å²) in [5.41, 5.74) is 3.90. The molecule has 5 heteroatoms. The van der Waals surface area contributed by atoms with Gasteiger partial charge in [0.2, 0.25) is 0 Å². The normalized spacial score (nSPS) is 21.0. The van der Waals surface area contributed by atoms with Gasteiger partial charge in [-0.2, -0.15) is 0 Å². The van der Waals surface area contributed by atoms with E-state index in [9.17, 15) is 9.90 Å². The van der Waals surface area contributed by atoms with Crippen LogP contribution in [-0.2, 0) is 17.9 Å². The van der Waals surface area contributed by atoms with Crippen LogP contribution in [0.2, 0.25) is 0 Å². The molecule has 3 rings (SSSR count). The first-order valence-corrected chi connectivity index (χ1v) is 8.65. The Kier molecular flexibility index (Phi) is 4.87. The zero-order valence-corrected chi connectivity index (χ0v) is 14.1. The molecular formula is C18H27N3O2. The van der Waals surface area contributed by atoms with Crippen LogP contribution in [0.25, 0.3) is 0 Å². The van der Waals surface area contributed by atoms with Crippen molar-refractivity contribution < 1.29 is 9.90 Å². The van der Waals surface area contributed by atoms with Crippen LogP contribution < -0.4 is 10.2 Å². The SMILES string of the molecule is CCC(C)C(C(=O)O)N1Cc2cccc(N3CCNCC3)c2C1. The van der Waals surface area contributed by atoms with Crippen LogP contribution in [-0.4, -0.2) is 48.2 Å². The Morgan fingerprint density at radius 3 is 2.70 bits per heavy atom. The summed E-state index contributed by atoms with van der Waals surface area (Å²) in [5.74, 6) is -0.541. The van der Waals surface area contributed by atoms with Crippen LogP contribution in [0.15, 0.2) is 18.2 Å². The summed E-state index contributed by atoms with van der Waals surface area (Å²) in [6.45, 7) is 9.66. The number of fused-ring (bicyclic) bond motifs is 1. The van der Waals surface area contributed by atoms with E-state index in [1.54, 1.807) is 0 Å². The Labute approximate surface area is 138 Å². The van der Waals surface area contributed by atoms with Crippen LogP contribution in [0.3, 0.4) is 0 Å². The molecule has 2 unspecified atom stereocenters. The van der Waals surface area contributed by atoms with Crippen LogP contribution >= 0.6 is 0 Å². The zero-order chi connectivity index (χ0) is 16.4. The number of aliphatic carboxylic acids is 1. The van der Waals surface area contributed by atoms with Crippen molar-refractivity contribution in [3.05, 3.63) is 29.3 Å². The van der Waals surface area contributed by atoms with E-state index in [0.717, 1.165) is 45.7 Å². The van der Waals surface area contributed by atoms with E-state index in [1.807, 2.05) is 6.92 Å². The number of carboxylic acid groups (broad SMARTS) is 1. The lowest BCUT2D eigenvalue weighted by molar-refractivity contribution is -0.145. The minimum absolute atomic E-state index is 0.157. The van der Waals surface area contributed by atoms with Crippen molar-refractivity contribution >= 4 is 11.7 Å². The molecule has 23 heavy (non-hydrogen) atoms. The highest BCUT2D eigenvalue weighted by Crippen LogP contribution is 2.34. The van der Waals surface area contributed by atoms with E-state index in [-0.39, 0.29) is 5.92 Å². The molecule has 2 aliphatic heterocycles. The number of hydrogen-bond acceptors (Lipinski definition) is 4. The molecule has 0 aliphatic carbocycles. The lowest BCUT2D eigenvalue weighted by atomic mass is 9.98. The molecule has 1 aromatic rings. The van der Waals surface area contributed by atoms with Crippen LogP contribution in [0.4, 0.5) is 5.69 Å². The molecule has 0 radical (unpaired) electrons. The molecule has 2 aliphatic rings. The number of hydrogen-bond donors (Lipinski definition) is 2. The maximum Gasteiger partial charge on any atom is 0.321 e. The first kappa shape index (κ1) is 16.3. The molecular weight excluding hydrogens is 290 g/mol. The number of rotatable bonds is 5. The molecule has 0 bridgehead atoms. The largest absolute Gasteiger partial charge is 0.480 e. The van der Waals surface area contributed by atoms with Crippen molar-refractivity contribution in [3.63, 3.8) is 0 Å². The molecule has 0 amide bonds. The first-order chi connectivity index (χ1) is 11.1. The summed E-state index contributed by atoms with van der Waals surface area (Å²) < 4.78 is 0. The van der Waals surface area contributed by atoms with Gasteiger partial charge in [-0.3, -0.25) is 9.69 Å². The van der Waals surface area contributed by atoms with Crippen LogP contribution in [0, 0.1) is 5.92 Å². The van der Waals surface area contributed by atoms with Crippen molar-refractivity contribution in [1.82, 2.24) is 10.2 Å². The molecule has 1 aromatic carbocycles. The standard InChI is InChI=1S/C18H27N3O2/c1-3-13(2)17(18(22)23)21-11-14-5-4-6-16(15(14)12-21)20-9-7-19-8-10-20/h4-6,13,17,19H,3,7-12H2,1-2H3,(H,22,23). The minimum atomic E-state index is -0.698. The maximum absolute atomic E-state index is 11.8. The molecule has 0 saturated carbocycles. The first-order valence-electron chi connectivity index (χ1n) is 8.65. The van der Waals surface area contributed by atoms with Gasteiger partial charge in [-0.15, -0.1) is 0 Å². The number of nitrogens with zero attached hydrogens (tertiary/aromatic N) is 2. The average molecular weight is 317 g/mol. The number of anilines is 1. The van der Waals surface area contributed by atoms with Gasteiger partial charge in [-0.1, -0.05) is 32.4 Å². The van der Waals surface area contributed by atoms with E-state index < -0.39 is 12.0 Å². The second kappa shape index (κ2) is 6.89. The summed E-state index contributed by atoms with van der Waals surface area (Å²) in [6.07, 6.45) is 0.883. The quantitative estimate of drug-likeness (QED) is 0.869. The molecule has 0 aromatic heterocycles. The monoisotopic (exact) mass is 317 g/mol. The summed E-state index contributed by atoms with van der Waals surface area (Å²) in [4.78, 5) is 16.3. The van der Waals surface area contributed by atoms with Crippen molar-refractivity contribution in [3.8, 4) is 0 Å². The molecule has 0 spiro atoms. The topological polar surface area (TPSA) is 55.8 Å². The third kappa shape index (κ3) is 3.21. The zero-order valence-electron chi connectivity index (χ0n) is 14.1. The highest BCUT2D eigenvalue weighted by Gasteiger charge is 2.35. The van der Waals surface area contributed by atoms with Crippen molar-refractivity contribution in [2.45, 2.75) is 39.4 Å². The minimum Gasteiger partial charge on any atom is -0.480 e. The van der Waals surface area contributed by atoms with Gasteiger partial charge in [0.25, 0.3) is 0 Å². The van der Waals surface area contributed by atoms with Crippen molar-refractivity contribution in [2.75, 3.05) is 31.1 Å². The molecule has 2 heterocycles. The fraction of sp³-hybridized carbons (Fsp3) is 0.611. The summed E-state index contributed by atoms with van der Waals surface area (Å²) >= 11 is 0. The lowest BCUT2D eigenvalue weighted by Gasteiger charge is -2.31. The average Bonchev–Trinajstić information content (AvgIpc) is 2.98. The molecule has 1 saturated heterocycles. The predicted octanol–water partition coefficient (Wildman–Crippen LogP) is 1.91. The number of nitrogens with one attached hydrogen (secondary N) is 1. The highest BCUT2D eigenvalue weighted by atomic mass is 16.4. The van der Waals surface area contributed by atoms with Gasteiger partial charge in [0.1, 0.15) is 6.04 Å². The fourth-order valence-electron chi connectivity index (χ4n) is 3.81.